The Kier molecular flexibility index (Phi) is 4.09. The van der Waals surface area contributed by atoms with E-state index < -0.39 is 0 Å². The van der Waals surface area contributed by atoms with Gasteiger partial charge in [-0.3, -0.25) is 4.90 Å². The second kappa shape index (κ2) is 6.40. The lowest BCUT2D eigenvalue weighted by atomic mass is 10.2. The molecule has 1 aliphatic heterocycles. The highest BCUT2D eigenvalue weighted by molar-refractivity contribution is 5.79. The van der Waals surface area contributed by atoms with Crippen molar-refractivity contribution in [2.75, 3.05) is 31.1 Å². The van der Waals surface area contributed by atoms with E-state index in [1.165, 1.54) is 12.1 Å². The van der Waals surface area contributed by atoms with Crippen LogP contribution >= 0.6 is 0 Å². The van der Waals surface area contributed by atoms with Gasteiger partial charge in [0.15, 0.2) is 5.58 Å². The minimum atomic E-state index is -0.306. The normalized spacial score (nSPS) is 15.9. The molecule has 6 nitrogen and oxygen atoms in total. The molecule has 1 saturated heterocycles. The van der Waals surface area contributed by atoms with Gasteiger partial charge in [0.2, 0.25) is 0 Å². The van der Waals surface area contributed by atoms with Crippen LogP contribution in [0.1, 0.15) is 17.0 Å². The molecule has 0 saturated carbocycles. The number of halogens is 1. The quantitative estimate of drug-likeness (QED) is 0.730. The smallest absolute Gasteiger partial charge is 0.170 e. The Bertz CT molecular complexity index is 902. The first-order valence-electron chi connectivity index (χ1n) is 8.41. The number of rotatable bonds is 3. The van der Waals surface area contributed by atoms with E-state index >= 15 is 0 Å². The third-order valence-corrected chi connectivity index (χ3v) is 4.86. The zero-order chi connectivity index (χ0) is 17.4. The summed E-state index contributed by atoms with van der Waals surface area (Å²) in [6.07, 6.45) is 1.63. The van der Waals surface area contributed by atoms with Crippen molar-refractivity contribution in [1.82, 2.24) is 20.0 Å². The number of anilines is 1. The third-order valence-electron chi connectivity index (χ3n) is 4.86. The van der Waals surface area contributed by atoms with Crippen molar-refractivity contribution >= 4 is 16.8 Å². The molecule has 4 rings (SSSR count). The summed E-state index contributed by atoms with van der Waals surface area (Å²) in [6, 6.07) is 4.56. The highest BCUT2D eigenvalue weighted by Crippen LogP contribution is 2.23. The Morgan fingerprint density at radius 2 is 1.92 bits per heavy atom. The molecule has 25 heavy (non-hydrogen) atoms. The molecule has 0 N–H and O–H groups in total. The van der Waals surface area contributed by atoms with Crippen LogP contribution in [-0.2, 0) is 6.54 Å². The van der Waals surface area contributed by atoms with Gasteiger partial charge in [0.1, 0.15) is 23.7 Å². The molecule has 1 aliphatic rings. The Hall–Kier alpha value is -2.54. The van der Waals surface area contributed by atoms with Crippen LogP contribution in [-0.4, -0.2) is 46.2 Å². The van der Waals surface area contributed by atoms with E-state index in [0.29, 0.717) is 12.1 Å². The van der Waals surface area contributed by atoms with Gasteiger partial charge in [-0.25, -0.2) is 14.4 Å². The fraction of sp³-hybridized carbons (Fsp3) is 0.389. The summed E-state index contributed by atoms with van der Waals surface area (Å²) in [7, 11) is 0. The number of aryl methyl sites for hydroxylation is 1. The standard InChI is InChI=1S/C18H20FN5O/c1-12-13(2)20-11-21-18(12)24-7-5-23(6-8-24)10-16-15-4-3-14(19)9-17(15)25-22-16/h3-4,9,11H,5-8,10H2,1-2H3. The average Bonchev–Trinajstić information content (AvgIpc) is 3.00. The summed E-state index contributed by atoms with van der Waals surface area (Å²) in [5.41, 5.74) is 3.52. The molecule has 1 fully saturated rings. The van der Waals surface area contributed by atoms with Crippen molar-refractivity contribution in [1.29, 1.82) is 0 Å². The van der Waals surface area contributed by atoms with E-state index in [1.807, 2.05) is 6.92 Å². The monoisotopic (exact) mass is 341 g/mol. The fourth-order valence-corrected chi connectivity index (χ4v) is 3.25. The van der Waals surface area contributed by atoms with Gasteiger partial charge in [0.25, 0.3) is 0 Å². The van der Waals surface area contributed by atoms with Gasteiger partial charge in [-0.1, -0.05) is 5.16 Å². The number of hydrogen-bond acceptors (Lipinski definition) is 6. The van der Waals surface area contributed by atoms with E-state index in [9.17, 15) is 4.39 Å². The fourth-order valence-electron chi connectivity index (χ4n) is 3.25. The van der Waals surface area contributed by atoms with Crippen molar-refractivity contribution in [3.05, 3.63) is 47.3 Å². The lowest BCUT2D eigenvalue weighted by Crippen LogP contribution is -2.46. The molecule has 130 valence electrons. The van der Waals surface area contributed by atoms with Gasteiger partial charge in [-0.2, -0.15) is 0 Å². The SMILES string of the molecule is Cc1ncnc(N2CCN(Cc3noc4cc(F)ccc34)CC2)c1C. The number of nitrogens with zero attached hydrogens (tertiary/aromatic N) is 5. The van der Waals surface area contributed by atoms with Crippen molar-refractivity contribution in [2.24, 2.45) is 0 Å². The predicted molar refractivity (Wildman–Crippen MR) is 93.0 cm³/mol. The molecule has 0 spiro atoms. The van der Waals surface area contributed by atoms with Crippen LogP contribution in [0.5, 0.6) is 0 Å². The van der Waals surface area contributed by atoms with Crippen LogP contribution in [0.15, 0.2) is 29.0 Å². The molecule has 0 amide bonds. The van der Waals surface area contributed by atoms with Gasteiger partial charge >= 0.3 is 0 Å². The molecule has 3 aromatic rings. The third kappa shape index (κ3) is 3.07. The van der Waals surface area contributed by atoms with Crippen LogP contribution in [0.3, 0.4) is 0 Å². The number of benzene rings is 1. The molecule has 0 atom stereocenters. The van der Waals surface area contributed by atoms with Gasteiger partial charge in [-0.15, -0.1) is 0 Å². The van der Waals surface area contributed by atoms with Crippen LogP contribution in [0.4, 0.5) is 10.2 Å². The summed E-state index contributed by atoms with van der Waals surface area (Å²) in [6.45, 7) is 8.42. The largest absolute Gasteiger partial charge is 0.356 e. The Balaban J connectivity index is 1.44. The second-order valence-corrected chi connectivity index (χ2v) is 6.44. The van der Waals surface area contributed by atoms with Gasteiger partial charge in [0.05, 0.1) is 0 Å². The van der Waals surface area contributed by atoms with Crippen LogP contribution < -0.4 is 4.90 Å². The predicted octanol–water partition coefficient (Wildman–Crippen LogP) is 2.70. The van der Waals surface area contributed by atoms with E-state index in [2.05, 4.69) is 31.8 Å². The maximum Gasteiger partial charge on any atom is 0.170 e. The highest BCUT2D eigenvalue weighted by atomic mass is 19.1. The van der Waals surface area contributed by atoms with Crippen LogP contribution in [0.25, 0.3) is 11.0 Å². The minimum absolute atomic E-state index is 0.306. The van der Waals surface area contributed by atoms with E-state index in [-0.39, 0.29) is 5.82 Å². The first kappa shape index (κ1) is 16.0. The van der Waals surface area contributed by atoms with Gasteiger partial charge < -0.3 is 9.42 Å². The number of fused-ring (bicyclic) bond motifs is 1. The Labute approximate surface area is 145 Å². The second-order valence-electron chi connectivity index (χ2n) is 6.44. The van der Waals surface area contributed by atoms with Crippen LogP contribution in [0.2, 0.25) is 0 Å². The van der Waals surface area contributed by atoms with Crippen molar-refractivity contribution < 1.29 is 8.91 Å². The zero-order valence-corrected chi connectivity index (χ0v) is 14.4. The number of piperazine rings is 1. The maximum absolute atomic E-state index is 13.3. The topological polar surface area (TPSA) is 58.3 Å². The van der Waals surface area contributed by atoms with Crippen molar-refractivity contribution in [3.63, 3.8) is 0 Å². The highest BCUT2D eigenvalue weighted by Gasteiger charge is 2.21. The number of hydrogen-bond donors (Lipinski definition) is 0. The number of aromatic nitrogens is 3. The van der Waals surface area contributed by atoms with Gasteiger partial charge in [-0.05, 0) is 26.0 Å². The van der Waals surface area contributed by atoms with E-state index in [0.717, 1.165) is 54.3 Å². The maximum atomic E-state index is 13.3. The summed E-state index contributed by atoms with van der Waals surface area (Å²) >= 11 is 0. The van der Waals surface area contributed by atoms with Crippen LogP contribution in [0, 0.1) is 19.7 Å². The first-order chi connectivity index (χ1) is 12.1. The molecule has 2 aromatic heterocycles. The van der Waals surface area contributed by atoms with Crippen molar-refractivity contribution in [2.45, 2.75) is 20.4 Å². The molecule has 3 heterocycles. The van der Waals surface area contributed by atoms with Gasteiger partial charge in [0, 0.05) is 55.4 Å². The summed E-state index contributed by atoms with van der Waals surface area (Å²) in [4.78, 5) is 13.3. The summed E-state index contributed by atoms with van der Waals surface area (Å²) < 4.78 is 18.5. The molecular formula is C18H20FN5O. The Morgan fingerprint density at radius 1 is 1.12 bits per heavy atom. The van der Waals surface area contributed by atoms with Crippen molar-refractivity contribution in [3.8, 4) is 0 Å². The Morgan fingerprint density at radius 3 is 2.72 bits per heavy atom. The average molecular weight is 341 g/mol. The minimum Gasteiger partial charge on any atom is -0.356 e. The molecule has 1 aromatic carbocycles. The lowest BCUT2D eigenvalue weighted by Gasteiger charge is -2.35. The zero-order valence-electron chi connectivity index (χ0n) is 14.4. The summed E-state index contributed by atoms with van der Waals surface area (Å²) in [5.74, 6) is 0.717. The molecular weight excluding hydrogens is 321 g/mol. The van der Waals surface area contributed by atoms with E-state index in [4.69, 9.17) is 4.52 Å². The van der Waals surface area contributed by atoms with E-state index in [1.54, 1.807) is 12.4 Å². The molecule has 0 bridgehead atoms. The molecule has 0 unspecified atom stereocenters. The first-order valence-corrected chi connectivity index (χ1v) is 8.41. The molecule has 0 aliphatic carbocycles. The molecule has 7 heteroatoms. The lowest BCUT2D eigenvalue weighted by molar-refractivity contribution is 0.242. The molecule has 0 radical (unpaired) electrons. The summed E-state index contributed by atoms with van der Waals surface area (Å²) in [5, 5.41) is 5.00.